The van der Waals surface area contributed by atoms with Crippen molar-refractivity contribution in [3.63, 3.8) is 0 Å². The molecule has 0 aliphatic heterocycles. The van der Waals surface area contributed by atoms with Crippen LogP contribution in [-0.2, 0) is 0 Å². The SMILES string of the molecule is Cc1ccc(/C=C(/C(=C(/c2ccc(C)cc2)c2c(F)c(F)c(F)c(F)c2F)P(c2ccccc2)c2ccccc2)P(c2ccccc2)c2ccccc2)cc1. The molecule has 0 aliphatic rings. The molecule has 0 heterocycles. The first-order valence-corrected chi connectivity index (χ1v) is 20.3. The van der Waals surface area contributed by atoms with Gasteiger partial charge in [-0.25, -0.2) is 22.0 Å². The number of rotatable bonds is 10. The summed E-state index contributed by atoms with van der Waals surface area (Å²) in [7, 11) is -3.31. The molecule has 7 rings (SSSR count). The van der Waals surface area contributed by atoms with E-state index in [0.29, 0.717) is 16.2 Å². The van der Waals surface area contributed by atoms with Gasteiger partial charge < -0.3 is 0 Å². The summed E-state index contributed by atoms with van der Waals surface area (Å²) in [6.45, 7) is 3.86. The van der Waals surface area contributed by atoms with E-state index in [1.807, 2.05) is 166 Å². The summed E-state index contributed by atoms with van der Waals surface area (Å²) in [6.07, 6.45) is 2.03. The summed E-state index contributed by atoms with van der Waals surface area (Å²) in [5.74, 6) is -9.99. The second-order valence-corrected chi connectivity index (χ2v) is 17.3. The van der Waals surface area contributed by atoms with Crippen molar-refractivity contribution in [3.8, 4) is 0 Å². The highest BCUT2D eigenvalue weighted by Crippen LogP contribution is 2.61. The van der Waals surface area contributed by atoms with Crippen molar-refractivity contribution in [3.05, 3.63) is 237 Å². The van der Waals surface area contributed by atoms with Gasteiger partial charge in [0.05, 0.1) is 5.56 Å². The topological polar surface area (TPSA) is 0 Å². The molecule has 0 nitrogen and oxygen atoms in total. The Kier molecular flexibility index (Phi) is 11.6. The van der Waals surface area contributed by atoms with E-state index >= 15 is 17.6 Å². The minimum absolute atomic E-state index is 0.0654. The highest BCUT2D eigenvalue weighted by atomic mass is 31.1. The predicted octanol–water partition coefficient (Wildman–Crippen LogP) is 12.1. The van der Waals surface area contributed by atoms with Gasteiger partial charge in [0.15, 0.2) is 23.3 Å². The van der Waals surface area contributed by atoms with E-state index in [0.717, 1.165) is 37.9 Å². The Labute approximate surface area is 320 Å². The highest BCUT2D eigenvalue weighted by Gasteiger charge is 2.36. The summed E-state index contributed by atoms with van der Waals surface area (Å²) >= 11 is 0. The van der Waals surface area contributed by atoms with Crippen LogP contribution in [-0.4, -0.2) is 0 Å². The molecule has 0 amide bonds. The standard InChI is InChI=1S/C48H35F5P2/c1-32-23-27-34(28-24-32)31-40(54(36-15-7-3-8-16-36)37-17-9-4-10-18-37)48(55(38-19-11-5-12-20-38)39-21-13-6-14-22-39)41(35-29-25-33(2)26-30-35)42-43(49)45(51)47(53)46(52)44(42)50/h3-31H,1-2H3/b40-31-,48-41+. The third-order valence-electron chi connectivity index (χ3n) is 9.18. The van der Waals surface area contributed by atoms with Crippen LogP contribution in [0.1, 0.15) is 27.8 Å². The zero-order valence-electron chi connectivity index (χ0n) is 30.0. The Morgan fingerprint density at radius 2 is 0.745 bits per heavy atom. The fraction of sp³-hybridized carbons (Fsp3) is 0.0417. The molecule has 0 fully saturated rings. The van der Waals surface area contributed by atoms with Gasteiger partial charge in [-0.05, 0) is 73.4 Å². The summed E-state index contributed by atoms with van der Waals surface area (Å²) < 4.78 is 79.3. The average Bonchev–Trinajstić information content (AvgIpc) is 3.23. The Bertz CT molecular complexity index is 2360. The van der Waals surface area contributed by atoms with Gasteiger partial charge >= 0.3 is 0 Å². The van der Waals surface area contributed by atoms with Crippen LogP contribution in [0.15, 0.2) is 180 Å². The molecule has 0 N–H and O–H groups in total. The van der Waals surface area contributed by atoms with Crippen LogP contribution >= 0.6 is 15.8 Å². The second-order valence-electron chi connectivity index (χ2n) is 13.0. The maximum Gasteiger partial charge on any atom is 0.200 e. The maximum absolute atomic E-state index is 16.7. The Morgan fingerprint density at radius 1 is 0.400 bits per heavy atom. The monoisotopic (exact) mass is 768 g/mol. The van der Waals surface area contributed by atoms with Gasteiger partial charge in [-0.2, -0.15) is 0 Å². The Hall–Kier alpha value is -5.47. The fourth-order valence-corrected chi connectivity index (χ4v) is 12.0. The highest BCUT2D eigenvalue weighted by molar-refractivity contribution is 7.82. The lowest BCUT2D eigenvalue weighted by atomic mass is 9.94. The summed E-state index contributed by atoms with van der Waals surface area (Å²) in [6, 6.07) is 53.8. The van der Waals surface area contributed by atoms with Crippen LogP contribution in [0.3, 0.4) is 0 Å². The molecule has 0 unspecified atom stereocenters. The molecule has 0 aliphatic carbocycles. The summed E-state index contributed by atoms with van der Waals surface area (Å²) in [4.78, 5) is 0. The van der Waals surface area contributed by atoms with E-state index in [-0.39, 0.29) is 5.57 Å². The van der Waals surface area contributed by atoms with Crippen LogP contribution in [0.5, 0.6) is 0 Å². The number of hydrogen-bond acceptors (Lipinski definition) is 0. The lowest BCUT2D eigenvalue weighted by Crippen LogP contribution is -2.20. The number of aryl methyl sites for hydroxylation is 2. The third-order valence-corrected chi connectivity index (χ3v) is 14.4. The molecule has 7 aromatic rings. The van der Waals surface area contributed by atoms with E-state index in [1.165, 1.54) is 0 Å². The van der Waals surface area contributed by atoms with Crippen LogP contribution in [0.4, 0.5) is 22.0 Å². The number of halogens is 5. The quantitative estimate of drug-likeness (QED) is 0.0427. The minimum Gasteiger partial charge on any atom is -0.203 e. The van der Waals surface area contributed by atoms with E-state index in [4.69, 9.17) is 0 Å². The van der Waals surface area contributed by atoms with Gasteiger partial charge in [0.25, 0.3) is 0 Å². The summed E-state index contributed by atoms with van der Waals surface area (Å²) in [5.41, 5.74) is 2.00. The van der Waals surface area contributed by atoms with Gasteiger partial charge in [-0.15, -0.1) is 0 Å². The minimum atomic E-state index is -2.21. The van der Waals surface area contributed by atoms with Crippen molar-refractivity contribution in [1.29, 1.82) is 0 Å². The van der Waals surface area contributed by atoms with Crippen molar-refractivity contribution in [2.45, 2.75) is 13.8 Å². The zero-order valence-corrected chi connectivity index (χ0v) is 31.8. The molecule has 0 spiro atoms. The smallest absolute Gasteiger partial charge is 0.200 e. The molecule has 0 saturated heterocycles. The van der Waals surface area contributed by atoms with Crippen molar-refractivity contribution in [2.24, 2.45) is 0 Å². The van der Waals surface area contributed by atoms with E-state index in [2.05, 4.69) is 0 Å². The van der Waals surface area contributed by atoms with Gasteiger partial charge in [0.2, 0.25) is 5.82 Å². The molecular formula is C48H35F5P2. The molecule has 7 heteroatoms. The van der Waals surface area contributed by atoms with Crippen molar-refractivity contribution >= 4 is 48.7 Å². The third kappa shape index (κ3) is 8.01. The first-order chi connectivity index (χ1) is 26.7. The van der Waals surface area contributed by atoms with Crippen molar-refractivity contribution in [2.75, 3.05) is 0 Å². The van der Waals surface area contributed by atoms with E-state index < -0.39 is 50.5 Å². The number of benzene rings is 7. The normalized spacial score (nSPS) is 12.3. The van der Waals surface area contributed by atoms with Crippen LogP contribution in [0.25, 0.3) is 11.6 Å². The lowest BCUT2D eigenvalue weighted by Gasteiger charge is -2.33. The van der Waals surface area contributed by atoms with Gasteiger partial charge in [-0.3, -0.25) is 0 Å². The molecule has 272 valence electrons. The second kappa shape index (κ2) is 16.9. The van der Waals surface area contributed by atoms with E-state index in [1.54, 1.807) is 24.3 Å². The zero-order chi connectivity index (χ0) is 38.5. The maximum atomic E-state index is 16.7. The average molecular weight is 769 g/mol. The number of hydrogen-bond donors (Lipinski definition) is 0. The van der Waals surface area contributed by atoms with Crippen molar-refractivity contribution in [1.82, 2.24) is 0 Å². The molecule has 0 atom stereocenters. The Balaban J connectivity index is 1.77. The fourth-order valence-electron chi connectivity index (χ4n) is 6.50. The molecule has 0 saturated carbocycles. The predicted molar refractivity (Wildman–Crippen MR) is 221 cm³/mol. The largest absolute Gasteiger partial charge is 0.203 e. The van der Waals surface area contributed by atoms with Crippen LogP contribution < -0.4 is 21.2 Å². The van der Waals surface area contributed by atoms with Crippen LogP contribution in [0.2, 0.25) is 0 Å². The first-order valence-electron chi connectivity index (χ1n) is 17.6. The molecule has 0 bridgehead atoms. The lowest BCUT2D eigenvalue weighted by molar-refractivity contribution is 0.376. The van der Waals surface area contributed by atoms with Gasteiger partial charge in [0.1, 0.15) is 0 Å². The van der Waals surface area contributed by atoms with Crippen molar-refractivity contribution < 1.29 is 22.0 Å². The Morgan fingerprint density at radius 3 is 1.15 bits per heavy atom. The van der Waals surface area contributed by atoms with Gasteiger partial charge in [-0.1, -0.05) is 181 Å². The molecule has 0 radical (unpaired) electrons. The molecule has 55 heavy (non-hydrogen) atoms. The van der Waals surface area contributed by atoms with E-state index in [9.17, 15) is 4.39 Å². The summed E-state index contributed by atoms with van der Waals surface area (Å²) in [5, 5.41) is 4.72. The van der Waals surface area contributed by atoms with Gasteiger partial charge in [0, 0.05) is 10.9 Å². The first kappa shape index (κ1) is 37.8. The molecular weight excluding hydrogens is 733 g/mol. The van der Waals surface area contributed by atoms with Crippen LogP contribution in [0, 0.1) is 42.9 Å². The molecule has 7 aromatic carbocycles. The molecule has 0 aromatic heterocycles. The number of allylic oxidation sites excluding steroid dienone is 2.